The summed E-state index contributed by atoms with van der Waals surface area (Å²) in [5.41, 5.74) is 0.0149. The number of benzene rings is 3. The molecule has 7 nitrogen and oxygen atoms in total. The van der Waals surface area contributed by atoms with E-state index in [0.717, 1.165) is 10.5 Å². The summed E-state index contributed by atoms with van der Waals surface area (Å²) in [5.74, 6) is -1.25. The molecule has 1 atom stereocenters. The van der Waals surface area contributed by atoms with Gasteiger partial charge in [0.2, 0.25) is 0 Å². The predicted molar refractivity (Wildman–Crippen MR) is 127 cm³/mol. The number of hydrogen-bond acceptors (Lipinski definition) is 6. The largest absolute Gasteiger partial charge is 0.495 e. The van der Waals surface area contributed by atoms with Gasteiger partial charge in [-0.25, -0.2) is 4.79 Å². The minimum Gasteiger partial charge on any atom is -0.459 e. The Labute approximate surface area is 197 Å². The van der Waals surface area contributed by atoms with Crippen molar-refractivity contribution in [3.8, 4) is 0 Å². The zero-order valence-electron chi connectivity index (χ0n) is 19.5. The van der Waals surface area contributed by atoms with Crippen LogP contribution in [0.4, 0.5) is 0 Å². The quantitative estimate of drug-likeness (QED) is 0.340. The smallest absolute Gasteiger partial charge is 0.459 e. The zero-order chi connectivity index (χ0) is 24.3. The monoisotopic (exact) mass is 457 g/mol. The van der Waals surface area contributed by atoms with Gasteiger partial charge < -0.3 is 14.0 Å². The average molecular weight is 457 g/mol. The van der Waals surface area contributed by atoms with E-state index in [0.29, 0.717) is 27.4 Å². The molecule has 2 amide bonds. The van der Waals surface area contributed by atoms with E-state index < -0.39 is 24.3 Å². The molecule has 172 valence electrons. The van der Waals surface area contributed by atoms with Crippen molar-refractivity contribution in [1.29, 1.82) is 0 Å². The number of rotatable bonds is 4. The standard InChI is InChI=1S/C26H24BNO6/c1-25(2)26(3,24(31)32-15-16-9-6-5-7-10-16)34-27(33-25)20-14-13-19-21-17(20)11-8-12-18(21)22(29)28(4)23(19)30/h5-14H,15H2,1-4H3. The SMILES string of the molecule is CN1C(=O)c2cccc3c(B4OC(C)(C)C(C)(C(=O)OCc5ccccc5)O4)ccc(c23)C1=O. The molecule has 5 rings (SSSR count). The fourth-order valence-corrected chi connectivity index (χ4v) is 4.49. The number of carbonyl (C=O) groups excluding carboxylic acids is 3. The highest BCUT2D eigenvalue weighted by molar-refractivity contribution is 6.65. The summed E-state index contributed by atoms with van der Waals surface area (Å²) in [6, 6.07) is 18.1. The van der Waals surface area contributed by atoms with Gasteiger partial charge in [-0.15, -0.1) is 0 Å². The molecule has 2 heterocycles. The van der Waals surface area contributed by atoms with Gasteiger partial charge in [0.05, 0.1) is 5.60 Å². The number of nitrogens with zero attached hydrogens (tertiary/aromatic N) is 1. The third-order valence-corrected chi connectivity index (χ3v) is 6.89. The predicted octanol–water partition coefficient (Wildman–Crippen LogP) is 3.09. The van der Waals surface area contributed by atoms with Crippen molar-refractivity contribution in [3.63, 3.8) is 0 Å². The summed E-state index contributed by atoms with van der Waals surface area (Å²) in [7, 11) is 0.580. The van der Waals surface area contributed by atoms with E-state index in [1.54, 1.807) is 45.0 Å². The highest BCUT2D eigenvalue weighted by Gasteiger charge is 2.60. The summed E-state index contributed by atoms with van der Waals surface area (Å²) >= 11 is 0. The molecule has 1 saturated heterocycles. The highest BCUT2D eigenvalue weighted by Crippen LogP contribution is 2.39. The molecule has 34 heavy (non-hydrogen) atoms. The molecular weight excluding hydrogens is 433 g/mol. The topological polar surface area (TPSA) is 82.1 Å². The Bertz CT molecular complexity index is 1320. The highest BCUT2D eigenvalue weighted by atomic mass is 16.7. The Balaban J connectivity index is 1.49. The van der Waals surface area contributed by atoms with Crippen LogP contribution in [0, 0.1) is 0 Å². The first-order chi connectivity index (χ1) is 16.1. The third kappa shape index (κ3) is 3.25. The van der Waals surface area contributed by atoms with E-state index >= 15 is 0 Å². The van der Waals surface area contributed by atoms with Crippen LogP contribution in [0.2, 0.25) is 0 Å². The van der Waals surface area contributed by atoms with Gasteiger partial charge >= 0.3 is 13.1 Å². The van der Waals surface area contributed by atoms with Crippen molar-refractivity contribution in [3.05, 3.63) is 77.4 Å². The zero-order valence-corrected chi connectivity index (χ0v) is 19.5. The van der Waals surface area contributed by atoms with Crippen molar-refractivity contribution in [1.82, 2.24) is 4.90 Å². The molecule has 0 bridgehead atoms. The summed E-state index contributed by atoms with van der Waals surface area (Å²) in [6.45, 7) is 5.35. The Morgan fingerprint density at radius 1 is 0.912 bits per heavy atom. The lowest BCUT2D eigenvalue weighted by Gasteiger charge is -2.33. The molecule has 2 aliphatic rings. The van der Waals surface area contributed by atoms with Crippen LogP contribution in [-0.2, 0) is 25.4 Å². The average Bonchev–Trinajstić information content (AvgIpc) is 3.09. The van der Waals surface area contributed by atoms with E-state index in [4.69, 9.17) is 14.0 Å². The minimum atomic E-state index is -1.38. The molecule has 0 radical (unpaired) electrons. The van der Waals surface area contributed by atoms with Crippen LogP contribution in [0.15, 0.2) is 60.7 Å². The van der Waals surface area contributed by atoms with Crippen molar-refractivity contribution >= 4 is 41.1 Å². The van der Waals surface area contributed by atoms with Gasteiger partial charge in [0.15, 0.2) is 5.60 Å². The van der Waals surface area contributed by atoms with Crippen molar-refractivity contribution in [2.45, 2.75) is 38.6 Å². The molecule has 2 aliphatic heterocycles. The second-order valence-corrected chi connectivity index (χ2v) is 9.27. The van der Waals surface area contributed by atoms with Gasteiger partial charge in [-0.3, -0.25) is 14.5 Å². The molecular formula is C26H24BNO6. The van der Waals surface area contributed by atoms with Gasteiger partial charge in [-0.2, -0.15) is 0 Å². The molecule has 0 aliphatic carbocycles. The van der Waals surface area contributed by atoms with Crippen molar-refractivity contribution in [2.75, 3.05) is 7.05 Å². The van der Waals surface area contributed by atoms with Gasteiger partial charge in [-0.05, 0) is 49.3 Å². The van der Waals surface area contributed by atoms with Crippen LogP contribution in [-0.4, -0.2) is 48.1 Å². The second kappa shape index (κ2) is 7.79. The minimum absolute atomic E-state index is 0.123. The molecule has 1 unspecified atom stereocenters. The first kappa shape index (κ1) is 22.3. The Kier molecular flexibility index (Phi) is 5.11. The fraction of sp³-hybridized carbons (Fsp3) is 0.269. The van der Waals surface area contributed by atoms with Crippen molar-refractivity contribution in [2.24, 2.45) is 0 Å². The van der Waals surface area contributed by atoms with Crippen LogP contribution >= 0.6 is 0 Å². The molecule has 0 N–H and O–H groups in total. The Morgan fingerprint density at radius 3 is 2.29 bits per heavy atom. The van der Waals surface area contributed by atoms with Crippen LogP contribution < -0.4 is 5.46 Å². The molecule has 3 aromatic rings. The maximum Gasteiger partial charge on any atom is 0.495 e. The first-order valence-corrected chi connectivity index (χ1v) is 11.1. The Morgan fingerprint density at radius 2 is 1.59 bits per heavy atom. The lowest BCUT2D eigenvalue weighted by molar-refractivity contribution is -0.169. The van der Waals surface area contributed by atoms with Gasteiger partial charge in [-0.1, -0.05) is 48.5 Å². The van der Waals surface area contributed by atoms with E-state index in [-0.39, 0.29) is 18.4 Å². The van der Waals surface area contributed by atoms with Crippen molar-refractivity contribution < 1.29 is 28.4 Å². The molecule has 8 heteroatoms. The summed E-state index contributed by atoms with van der Waals surface area (Å²) in [6.07, 6.45) is 0. The van der Waals surface area contributed by atoms with Crippen LogP contribution in [0.3, 0.4) is 0 Å². The normalized spacial score (nSPS) is 21.3. The molecule has 0 aromatic heterocycles. The molecule has 3 aromatic carbocycles. The first-order valence-electron chi connectivity index (χ1n) is 11.1. The number of carbonyl (C=O) groups is 3. The van der Waals surface area contributed by atoms with Gasteiger partial charge in [0, 0.05) is 23.6 Å². The summed E-state index contributed by atoms with van der Waals surface area (Å²) in [5, 5.41) is 1.24. The van der Waals surface area contributed by atoms with Gasteiger partial charge in [0.1, 0.15) is 6.61 Å². The summed E-state index contributed by atoms with van der Waals surface area (Å²) < 4.78 is 18.1. The van der Waals surface area contributed by atoms with E-state index in [1.807, 2.05) is 36.4 Å². The number of esters is 1. The van der Waals surface area contributed by atoms with Crippen LogP contribution in [0.25, 0.3) is 10.8 Å². The third-order valence-electron chi connectivity index (χ3n) is 6.89. The van der Waals surface area contributed by atoms with E-state index in [9.17, 15) is 14.4 Å². The molecule has 0 saturated carbocycles. The number of amides is 2. The molecule has 0 spiro atoms. The lowest BCUT2D eigenvalue weighted by Crippen LogP contribution is -2.52. The van der Waals surface area contributed by atoms with Crippen LogP contribution in [0.5, 0.6) is 0 Å². The maximum atomic E-state index is 13.2. The lowest BCUT2D eigenvalue weighted by atomic mass is 9.74. The number of ether oxygens (including phenoxy) is 1. The molecule has 1 fully saturated rings. The van der Waals surface area contributed by atoms with Gasteiger partial charge in [0.25, 0.3) is 11.8 Å². The maximum absolute atomic E-state index is 13.2. The fourth-order valence-electron chi connectivity index (χ4n) is 4.49. The number of hydrogen-bond donors (Lipinski definition) is 0. The second-order valence-electron chi connectivity index (χ2n) is 9.27. The Hall–Kier alpha value is -3.49. The van der Waals surface area contributed by atoms with Crippen LogP contribution in [0.1, 0.15) is 47.1 Å². The summed E-state index contributed by atoms with van der Waals surface area (Å²) in [4.78, 5) is 39.7. The van der Waals surface area contributed by atoms with E-state index in [2.05, 4.69) is 0 Å². The number of imide groups is 1. The van der Waals surface area contributed by atoms with E-state index in [1.165, 1.54) is 7.05 Å².